The number of aryl methyl sites for hydroxylation is 4. The van der Waals surface area contributed by atoms with E-state index in [-0.39, 0.29) is 18.2 Å². The van der Waals surface area contributed by atoms with Crippen LogP contribution >= 0.6 is 0 Å². The molecule has 0 saturated heterocycles. The van der Waals surface area contributed by atoms with Gasteiger partial charge < -0.3 is 13.8 Å². The maximum absolute atomic E-state index is 15.4. The SMILES string of the molecule is COc1cc(-c2noc(CCCc3ccc(-c4ccc(-c5ncn(Cc6noc(CCCc7ccc(-c8ccccc8F)cc7)n6)n5)cc4F)cc3)n2)ccn1. The maximum atomic E-state index is 15.4. The van der Waals surface area contributed by atoms with E-state index < -0.39 is 0 Å². The van der Waals surface area contributed by atoms with E-state index in [1.807, 2.05) is 60.7 Å². The van der Waals surface area contributed by atoms with Gasteiger partial charge in [-0.25, -0.2) is 23.4 Å². The normalized spacial score (nSPS) is 11.3. The van der Waals surface area contributed by atoms with Crippen LogP contribution in [0.15, 0.2) is 125 Å². The highest BCUT2D eigenvalue weighted by molar-refractivity contribution is 5.69. The number of rotatable bonds is 15. The minimum Gasteiger partial charge on any atom is -0.481 e. The molecule has 13 heteroatoms. The van der Waals surface area contributed by atoms with Crippen LogP contribution in [-0.2, 0) is 32.2 Å². The van der Waals surface area contributed by atoms with Gasteiger partial charge >= 0.3 is 0 Å². The standard InChI is InChI=1S/C43H36F2N8O3/c1-54-41-25-33(22-23-46-41)43-49-40(56-52-43)11-5-7-29-14-18-31(19-15-29)35-21-20-32(24-37(35)45)42-47-27-53(50-42)26-38-48-39(55-51-38)10-4-6-28-12-16-30(17-13-28)34-8-2-3-9-36(34)44/h2-3,8-9,12-25,27H,4-7,10-11,26H2,1H3. The lowest BCUT2D eigenvalue weighted by molar-refractivity contribution is 0.368. The van der Waals surface area contributed by atoms with Gasteiger partial charge in [0.2, 0.25) is 23.5 Å². The Balaban J connectivity index is 0.807. The Morgan fingerprint density at radius 2 is 1.25 bits per heavy atom. The van der Waals surface area contributed by atoms with Crippen LogP contribution in [-0.4, -0.2) is 47.1 Å². The van der Waals surface area contributed by atoms with Gasteiger partial charge in [-0.15, -0.1) is 0 Å². The molecule has 4 aromatic carbocycles. The largest absolute Gasteiger partial charge is 0.481 e. The summed E-state index contributed by atoms with van der Waals surface area (Å²) in [4.78, 5) is 17.5. The molecule has 0 radical (unpaired) electrons. The smallest absolute Gasteiger partial charge is 0.226 e. The molecule has 0 saturated carbocycles. The first-order valence-corrected chi connectivity index (χ1v) is 18.2. The number of methoxy groups -OCH3 is 1. The van der Waals surface area contributed by atoms with Crippen molar-refractivity contribution in [3.63, 3.8) is 0 Å². The van der Waals surface area contributed by atoms with Crippen molar-refractivity contribution in [3.8, 4) is 50.9 Å². The molecule has 4 heterocycles. The molecule has 0 amide bonds. The average molecular weight is 751 g/mol. The fraction of sp³-hybridized carbons (Fsp3) is 0.186. The molecular formula is C43H36F2N8O3. The van der Waals surface area contributed by atoms with E-state index in [2.05, 4.69) is 35.3 Å². The van der Waals surface area contributed by atoms with Gasteiger partial charge in [0.15, 0.2) is 11.6 Å². The van der Waals surface area contributed by atoms with Crippen LogP contribution in [0.3, 0.4) is 0 Å². The second-order valence-corrected chi connectivity index (χ2v) is 13.2. The Labute approximate surface area is 321 Å². The van der Waals surface area contributed by atoms with Crippen LogP contribution in [0.5, 0.6) is 5.88 Å². The summed E-state index contributed by atoms with van der Waals surface area (Å²) >= 11 is 0. The summed E-state index contributed by atoms with van der Waals surface area (Å²) in [6, 6.07) is 31.1. The number of hydrogen-bond acceptors (Lipinski definition) is 10. The van der Waals surface area contributed by atoms with E-state index in [9.17, 15) is 4.39 Å². The van der Waals surface area contributed by atoms with Crippen molar-refractivity contribution in [2.75, 3.05) is 7.11 Å². The van der Waals surface area contributed by atoms with E-state index in [0.29, 0.717) is 64.7 Å². The topological polar surface area (TPSA) is 131 Å². The minimum absolute atomic E-state index is 0.234. The van der Waals surface area contributed by atoms with Crippen LogP contribution < -0.4 is 4.74 Å². The lowest BCUT2D eigenvalue weighted by Gasteiger charge is -2.07. The third-order valence-corrected chi connectivity index (χ3v) is 9.36. The summed E-state index contributed by atoms with van der Waals surface area (Å²) in [5, 5.41) is 12.7. The van der Waals surface area contributed by atoms with E-state index in [1.165, 1.54) is 12.1 Å². The monoisotopic (exact) mass is 750 g/mol. The van der Waals surface area contributed by atoms with E-state index in [0.717, 1.165) is 53.5 Å². The van der Waals surface area contributed by atoms with E-state index in [4.69, 9.17) is 13.8 Å². The number of pyridine rings is 1. The molecule has 0 bridgehead atoms. The molecule has 4 aromatic heterocycles. The van der Waals surface area contributed by atoms with Gasteiger partial charge in [0.1, 0.15) is 24.5 Å². The lowest BCUT2D eigenvalue weighted by atomic mass is 10.00. The Morgan fingerprint density at radius 3 is 1.95 bits per heavy atom. The van der Waals surface area contributed by atoms with Gasteiger partial charge in [-0.05, 0) is 66.1 Å². The van der Waals surface area contributed by atoms with Crippen molar-refractivity contribution in [2.45, 2.75) is 45.1 Å². The predicted molar refractivity (Wildman–Crippen MR) is 204 cm³/mol. The summed E-state index contributed by atoms with van der Waals surface area (Å²) in [6.07, 6.45) is 7.70. The summed E-state index contributed by atoms with van der Waals surface area (Å²) in [5.41, 5.74) is 6.30. The highest BCUT2D eigenvalue weighted by Gasteiger charge is 2.14. The molecule has 0 aliphatic rings. The van der Waals surface area contributed by atoms with Crippen molar-refractivity contribution in [3.05, 3.63) is 156 Å². The summed E-state index contributed by atoms with van der Waals surface area (Å²) in [7, 11) is 1.56. The van der Waals surface area contributed by atoms with Crippen LogP contribution in [0, 0.1) is 11.6 Å². The van der Waals surface area contributed by atoms with Crippen LogP contribution in [0.25, 0.3) is 45.0 Å². The Morgan fingerprint density at radius 1 is 0.607 bits per heavy atom. The second kappa shape index (κ2) is 16.6. The highest BCUT2D eigenvalue weighted by atomic mass is 19.1. The van der Waals surface area contributed by atoms with Crippen molar-refractivity contribution in [1.82, 2.24) is 40.0 Å². The van der Waals surface area contributed by atoms with Gasteiger partial charge in [0.25, 0.3) is 0 Å². The third-order valence-electron chi connectivity index (χ3n) is 9.36. The average Bonchev–Trinajstić information content (AvgIpc) is 4.01. The van der Waals surface area contributed by atoms with Crippen molar-refractivity contribution >= 4 is 0 Å². The maximum Gasteiger partial charge on any atom is 0.226 e. The Hall–Kier alpha value is -6.89. The van der Waals surface area contributed by atoms with Crippen LogP contribution in [0.1, 0.15) is 41.6 Å². The number of ether oxygens (including phenoxy) is 1. The number of halogens is 2. The molecule has 0 aliphatic heterocycles. The van der Waals surface area contributed by atoms with Gasteiger partial charge in [-0.3, -0.25) is 0 Å². The van der Waals surface area contributed by atoms with Crippen molar-refractivity contribution in [2.24, 2.45) is 0 Å². The quantitative estimate of drug-likeness (QED) is 0.100. The number of hydrogen-bond donors (Lipinski definition) is 0. The van der Waals surface area contributed by atoms with Crippen molar-refractivity contribution in [1.29, 1.82) is 0 Å². The molecule has 11 nitrogen and oxygen atoms in total. The van der Waals surface area contributed by atoms with Crippen LogP contribution in [0.4, 0.5) is 8.78 Å². The van der Waals surface area contributed by atoms with Gasteiger partial charge in [-0.2, -0.15) is 15.1 Å². The fourth-order valence-electron chi connectivity index (χ4n) is 6.41. The van der Waals surface area contributed by atoms with Gasteiger partial charge in [0, 0.05) is 47.4 Å². The van der Waals surface area contributed by atoms with E-state index >= 15 is 4.39 Å². The number of benzene rings is 4. The highest BCUT2D eigenvalue weighted by Crippen LogP contribution is 2.28. The molecule has 8 aromatic rings. The molecule has 0 atom stereocenters. The summed E-state index contributed by atoms with van der Waals surface area (Å²) < 4.78 is 47.2. The number of aromatic nitrogens is 8. The molecule has 8 rings (SSSR count). The lowest BCUT2D eigenvalue weighted by Crippen LogP contribution is -2.02. The predicted octanol–water partition coefficient (Wildman–Crippen LogP) is 8.79. The third kappa shape index (κ3) is 8.57. The molecule has 0 unspecified atom stereocenters. The van der Waals surface area contributed by atoms with Gasteiger partial charge in [-0.1, -0.05) is 89.2 Å². The van der Waals surface area contributed by atoms with E-state index in [1.54, 1.807) is 54.6 Å². The first-order valence-electron chi connectivity index (χ1n) is 18.2. The molecule has 0 aliphatic carbocycles. The Bertz CT molecular complexity index is 2550. The second-order valence-electron chi connectivity index (χ2n) is 13.2. The zero-order valence-corrected chi connectivity index (χ0v) is 30.5. The first-order chi connectivity index (χ1) is 27.5. The van der Waals surface area contributed by atoms with Gasteiger partial charge in [0.05, 0.1) is 7.11 Å². The molecular weight excluding hydrogens is 715 g/mol. The summed E-state index contributed by atoms with van der Waals surface area (Å²) in [6.45, 7) is 0.262. The molecule has 0 spiro atoms. The van der Waals surface area contributed by atoms with Crippen LogP contribution in [0.2, 0.25) is 0 Å². The zero-order chi connectivity index (χ0) is 38.3. The molecule has 56 heavy (non-hydrogen) atoms. The Kier molecular flexibility index (Phi) is 10.7. The number of nitrogens with zero attached hydrogens (tertiary/aromatic N) is 8. The molecule has 280 valence electrons. The summed E-state index contributed by atoms with van der Waals surface area (Å²) in [5.74, 6) is 2.34. The fourth-order valence-corrected chi connectivity index (χ4v) is 6.41. The minimum atomic E-state index is -0.366. The molecule has 0 N–H and O–H groups in total. The zero-order valence-electron chi connectivity index (χ0n) is 30.5. The van der Waals surface area contributed by atoms with Crippen molar-refractivity contribution < 1.29 is 22.6 Å². The first kappa shape index (κ1) is 36.1. The molecule has 0 fully saturated rings.